The highest BCUT2D eigenvalue weighted by atomic mass is 16.5. The van der Waals surface area contributed by atoms with E-state index in [0.717, 1.165) is 5.56 Å². The first-order valence-electron chi connectivity index (χ1n) is 8.64. The molecule has 2 amide bonds. The molecule has 1 unspecified atom stereocenters. The van der Waals surface area contributed by atoms with Crippen molar-refractivity contribution in [2.75, 3.05) is 31.4 Å². The largest absolute Gasteiger partial charge is 0.497 e. The molecule has 2 aromatic rings. The van der Waals surface area contributed by atoms with Crippen molar-refractivity contribution in [3.05, 3.63) is 47.5 Å². The van der Waals surface area contributed by atoms with E-state index in [0.29, 0.717) is 41.4 Å². The van der Waals surface area contributed by atoms with Crippen LogP contribution in [0.5, 0.6) is 11.5 Å². The Morgan fingerprint density at radius 2 is 1.81 bits per heavy atom. The minimum Gasteiger partial charge on any atom is -0.497 e. The zero-order chi connectivity index (χ0) is 19.6. The molecule has 1 aliphatic rings. The monoisotopic (exact) mass is 369 g/mol. The van der Waals surface area contributed by atoms with Gasteiger partial charge in [-0.2, -0.15) is 0 Å². The molecular formula is C20H23N3O4. The van der Waals surface area contributed by atoms with Crippen LogP contribution in [0.1, 0.15) is 22.3 Å². The van der Waals surface area contributed by atoms with E-state index in [9.17, 15) is 9.59 Å². The van der Waals surface area contributed by atoms with Crippen LogP contribution in [0.15, 0.2) is 36.4 Å². The zero-order valence-electron chi connectivity index (χ0n) is 15.6. The van der Waals surface area contributed by atoms with E-state index in [-0.39, 0.29) is 11.8 Å². The number of carbonyl (C=O) groups is 2. The second-order valence-corrected chi connectivity index (χ2v) is 6.45. The summed E-state index contributed by atoms with van der Waals surface area (Å²) in [4.78, 5) is 27.0. The molecule has 1 saturated heterocycles. The van der Waals surface area contributed by atoms with Crippen molar-refractivity contribution < 1.29 is 19.1 Å². The van der Waals surface area contributed by atoms with Crippen LogP contribution >= 0.6 is 0 Å². The van der Waals surface area contributed by atoms with Crippen LogP contribution in [-0.4, -0.2) is 38.6 Å². The van der Waals surface area contributed by atoms with Crippen molar-refractivity contribution in [3.8, 4) is 11.5 Å². The molecular weight excluding hydrogens is 346 g/mol. The first-order valence-corrected chi connectivity index (χ1v) is 8.64. The summed E-state index contributed by atoms with van der Waals surface area (Å²) in [6.07, 6.45) is 0.519. The van der Waals surface area contributed by atoms with Crippen LogP contribution < -0.4 is 25.4 Å². The van der Waals surface area contributed by atoms with Gasteiger partial charge in [-0.1, -0.05) is 6.07 Å². The van der Waals surface area contributed by atoms with Crippen molar-refractivity contribution in [1.29, 1.82) is 0 Å². The summed E-state index contributed by atoms with van der Waals surface area (Å²) in [6, 6.07) is 9.84. The van der Waals surface area contributed by atoms with Gasteiger partial charge in [0.25, 0.3) is 5.91 Å². The predicted octanol–water partition coefficient (Wildman–Crippen LogP) is 2.13. The molecule has 1 fully saturated rings. The Hall–Kier alpha value is -3.22. The van der Waals surface area contributed by atoms with E-state index in [2.05, 4.69) is 5.32 Å². The number of amides is 2. The van der Waals surface area contributed by atoms with Gasteiger partial charge in [-0.3, -0.25) is 9.59 Å². The second kappa shape index (κ2) is 7.57. The Morgan fingerprint density at radius 1 is 1.15 bits per heavy atom. The number of hydrogen-bond acceptors (Lipinski definition) is 5. The maximum Gasteiger partial charge on any atom is 0.252 e. The molecule has 0 aliphatic carbocycles. The van der Waals surface area contributed by atoms with Gasteiger partial charge in [-0.05, 0) is 31.0 Å². The van der Waals surface area contributed by atoms with Crippen LogP contribution in [0.25, 0.3) is 0 Å². The highest BCUT2D eigenvalue weighted by Crippen LogP contribution is 2.31. The van der Waals surface area contributed by atoms with Gasteiger partial charge in [0.1, 0.15) is 17.5 Å². The summed E-state index contributed by atoms with van der Waals surface area (Å²) in [6.45, 7) is 2.33. The number of carbonyl (C=O) groups excluding carboxylic acids is 2. The highest BCUT2D eigenvalue weighted by Gasteiger charge is 2.34. The van der Waals surface area contributed by atoms with E-state index < -0.39 is 6.04 Å². The van der Waals surface area contributed by atoms with Crippen molar-refractivity contribution in [1.82, 2.24) is 5.32 Å². The summed E-state index contributed by atoms with van der Waals surface area (Å²) < 4.78 is 10.5. The van der Waals surface area contributed by atoms with Gasteiger partial charge < -0.3 is 25.4 Å². The Kier molecular flexibility index (Phi) is 5.21. The van der Waals surface area contributed by atoms with Crippen LogP contribution in [0.2, 0.25) is 0 Å². The van der Waals surface area contributed by atoms with Crippen molar-refractivity contribution in [2.24, 2.45) is 0 Å². The van der Waals surface area contributed by atoms with Gasteiger partial charge in [0.2, 0.25) is 5.91 Å². The summed E-state index contributed by atoms with van der Waals surface area (Å²) in [5.74, 6) is 0.725. The highest BCUT2D eigenvalue weighted by molar-refractivity contribution is 6.04. The molecule has 0 spiro atoms. The van der Waals surface area contributed by atoms with Gasteiger partial charge in [-0.25, -0.2) is 0 Å². The third-order valence-corrected chi connectivity index (χ3v) is 4.66. The SMILES string of the molecule is COc1cc(OC)cc(N2CCC(NC(=O)c3cc(N)ccc3C)C2=O)c1. The maximum atomic E-state index is 12.8. The number of ether oxygens (including phenoxy) is 2. The molecule has 2 aromatic carbocycles. The maximum absolute atomic E-state index is 12.8. The molecule has 142 valence electrons. The van der Waals surface area contributed by atoms with Gasteiger partial charge in [-0.15, -0.1) is 0 Å². The minimum absolute atomic E-state index is 0.166. The lowest BCUT2D eigenvalue weighted by atomic mass is 10.1. The van der Waals surface area contributed by atoms with Crippen molar-refractivity contribution in [3.63, 3.8) is 0 Å². The molecule has 1 aliphatic heterocycles. The number of methoxy groups -OCH3 is 2. The number of nitrogens with two attached hydrogens (primary N) is 1. The van der Waals surface area contributed by atoms with Gasteiger partial charge in [0, 0.05) is 36.0 Å². The van der Waals surface area contributed by atoms with Gasteiger partial charge in [0.05, 0.1) is 19.9 Å². The molecule has 0 saturated carbocycles. The van der Waals surface area contributed by atoms with Gasteiger partial charge >= 0.3 is 0 Å². The molecule has 1 heterocycles. The van der Waals surface area contributed by atoms with E-state index in [1.807, 2.05) is 6.92 Å². The fraction of sp³-hybridized carbons (Fsp3) is 0.300. The fourth-order valence-electron chi connectivity index (χ4n) is 3.14. The van der Waals surface area contributed by atoms with E-state index in [4.69, 9.17) is 15.2 Å². The summed E-state index contributed by atoms with van der Waals surface area (Å²) in [5.41, 5.74) is 8.24. The molecule has 0 radical (unpaired) electrons. The molecule has 27 heavy (non-hydrogen) atoms. The van der Waals surface area contributed by atoms with E-state index in [1.165, 1.54) is 0 Å². The smallest absolute Gasteiger partial charge is 0.252 e. The number of benzene rings is 2. The first-order chi connectivity index (χ1) is 12.9. The number of nitrogens with one attached hydrogen (secondary N) is 1. The number of aryl methyl sites for hydroxylation is 1. The van der Waals surface area contributed by atoms with Crippen LogP contribution in [-0.2, 0) is 4.79 Å². The third kappa shape index (κ3) is 3.81. The number of nitrogen functional groups attached to an aromatic ring is 1. The van der Waals surface area contributed by atoms with Crippen molar-refractivity contribution >= 4 is 23.2 Å². The predicted molar refractivity (Wildman–Crippen MR) is 103 cm³/mol. The topological polar surface area (TPSA) is 93.9 Å². The minimum atomic E-state index is -0.587. The van der Waals surface area contributed by atoms with Crippen LogP contribution in [0, 0.1) is 6.92 Å². The first kappa shape index (κ1) is 18.6. The molecule has 0 bridgehead atoms. The lowest BCUT2D eigenvalue weighted by Crippen LogP contribution is -2.41. The summed E-state index contributed by atoms with van der Waals surface area (Å²) in [7, 11) is 3.11. The van der Waals surface area contributed by atoms with Crippen LogP contribution in [0.4, 0.5) is 11.4 Å². The number of hydrogen-bond donors (Lipinski definition) is 2. The molecule has 0 aromatic heterocycles. The Morgan fingerprint density at radius 3 is 2.44 bits per heavy atom. The molecule has 7 nitrogen and oxygen atoms in total. The van der Waals surface area contributed by atoms with Crippen LogP contribution in [0.3, 0.4) is 0 Å². The quantitative estimate of drug-likeness (QED) is 0.788. The van der Waals surface area contributed by atoms with E-state index in [1.54, 1.807) is 55.5 Å². The standard InChI is InChI=1S/C20H23N3O4/c1-12-4-5-13(21)8-17(12)19(24)22-18-6-7-23(20(18)25)14-9-15(26-2)11-16(10-14)27-3/h4-5,8-11,18H,6-7,21H2,1-3H3,(H,22,24). The Labute approximate surface area is 158 Å². The molecule has 3 N–H and O–H groups in total. The lowest BCUT2D eigenvalue weighted by Gasteiger charge is -2.19. The third-order valence-electron chi connectivity index (χ3n) is 4.66. The number of anilines is 2. The Balaban J connectivity index is 1.77. The average Bonchev–Trinajstić information content (AvgIpc) is 3.03. The normalized spacial score (nSPS) is 16.3. The summed E-state index contributed by atoms with van der Waals surface area (Å²) in [5, 5.41) is 2.82. The lowest BCUT2D eigenvalue weighted by molar-refractivity contribution is -0.118. The second-order valence-electron chi connectivity index (χ2n) is 6.45. The average molecular weight is 369 g/mol. The van der Waals surface area contributed by atoms with Gasteiger partial charge in [0.15, 0.2) is 0 Å². The van der Waals surface area contributed by atoms with E-state index >= 15 is 0 Å². The molecule has 3 rings (SSSR count). The fourth-order valence-corrected chi connectivity index (χ4v) is 3.14. The summed E-state index contributed by atoms with van der Waals surface area (Å²) >= 11 is 0. The molecule has 7 heteroatoms. The Bertz CT molecular complexity index is 859. The number of rotatable bonds is 5. The zero-order valence-corrected chi connectivity index (χ0v) is 15.6. The molecule has 1 atom stereocenters. The number of nitrogens with zero attached hydrogens (tertiary/aromatic N) is 1. The van der Waals surface area contributed by atoms with Crippen molar-refractivity contribution in [2.45, 2.75) is 19.4 Å².